The molecule has 18 heavy (non-hydrogen) atoms. The number of carbonyl (C=O) groups is 1. The van der Waals surface area contributed by atoms with Gasteiger partial charge in [-0.25, -0.2) is 4.79 Å². The molecule has 0 fully saturated rings. The molecule has 3 heteroatoms. The van der Waals surface area contributed by atoms with Crippen LogP contribution in [0.3, 0.4) is 0 Å². The third kappa shape index (κ3) is 6.80. The maximum atomic E-state index is 11.0. The average molecular weight is 256 g/mol. The Balaban J connectivity index is 4.07. The van der Waals surface area contributed by atoms with Crippen molar-refractivity contribution < 1.29 is 14.0 Å². The number of rotatable bonds is 11. The van der Waals surface area contributed by atoms with Crippen LogP contribution in [0.15, 0.2) is 12.7 Å². The van der Waals surface area contributed by atoms with E-state index >= 15 is 0 Å². The Morgan fingerprint density at radius 1 is 1.11 bits per heavy atom. The lowest BCUT2D eigenvalue weighted by atomic mass is 10.1. The Bertz CT molecular complexity index is 235. The topological polar surface area (TPSA) is 26.3 Å². The molecule has 0 bridgehead atoms. The van der Waals surface area contributed by atoms with E-state index in [4.69, 9.17) is 4.74 Å². The zero-order valence-electron chi connectivity index (χ0n) is 12.4. The van der Waals surface area contributed by atoms with Crippen molar-refractivity contribution in [1.29, 1.82) is 0 Å². The molecule has 0 saturated heterocycles. The van der Waals surface area contributed by atoms with Crippen LogP contribution < -0.4 is 0 Å². The highest BCUT2D eigenvalue weighted by molar-refractivity contribution is 5.81. The van der Waals surface area contributed by atoms with Crippen LogP contribution >= 0.6 is 0 Å². The molecule has 0 aliphatic heterocycles. The van der Waals surface area contributed by atoms with E-state index in [1.165, 1.54) is 38.3 Å². The second kappa shape index (κ2) is 10.1. The van der Waals surface area contributed by atoms with Crippen molar-refractivity contribution in [2.45, 2.75) is 46.5 Å². The summed E-state index contributed by atoms with van der Waals surface area (Å²) in [6.07, 6.45) is 6.40. The highest BCUT2D eigenvalue weighted by Crippen LogP contribution is 2.11. The SMILES string of the molecule is C=CC(=O)OCC[N+](CC)(CC)CCCCCC. The van der Waals surface area contributed by atoms with Crippen LogP contribution in [0.2, 0.25) is 0 Å². The summed E-state index contributed by atoms with van der Waals surface area (Å²) < 4.78 is 6.15. The van der Waals surface area contributed by atoms with E-state index in [-0.39, 0.29) is 5.97 Å². The predicted molar refractivity (Wildman–Crippen MR) is 76.4 cm³/mol. The molecular formula is C15H30NO2+. The van der Waals surface area contributed by atoms with Gasteiger partial charge in [0.2, 0.25) is 0 Å². The van der Waals surface area contributed by atoms with Crippen molar-refractivity contribution >= 4 is 5.97 Å². The fourth-order valence-corrected chi connectivity index (χ4v) is 2.24. The quantitative estimate of drug-likeness (QED) is 0.246. The molecule has 3 nitrogen and oxygen atoms in total. The molecule has 0 spiro atoms. The van der Waals surface area contributed by atoms with Gasteiger partial charge in [-0.3, -0.25) is 0 Å². The lowest BCUT2D eigenvalue weighted by molar-refractivity contribution is -0.925. The molecule has 0 rings (SSSR count). The third-order valence-corrected chi connectivity index (χ3v) is 3.80. The number of carbonyl (C=O) groups excluding carboxylic acids is 1. The maximum Gasteiger partial charge on any atom is 0.330 e. The predicted octanol–water partition coefficient (Wildman–Crippen LogP) is 3.15. The highest BCUT2D eigenvalue weighted by Gasteiger charge is 2.22. The van der Waals surface area contributed by atoms with Crippen molar-refractivity contribution in [3.8, 4) is 0 Å². The Morgan fingerprint density at radius 2 is 1.78 bits per heavy atom. The van der Waals surface area contributed by atoms with Gasteiger partial charge in [0.05, 0.1) is 19.6 Å². The van der Waals surface area contributed by atoms with Crippen LogP contribution in [-0.4, -0.2) is 43.2 Å². The molecule has 0 atom stereocenters. The molecule has 106 valence electrons. The zero-order chi connectivity index (χ0) is 13.9. The van der Waals surface area contributed by atoms with Crippen molar-refractivity contribution in [3.63, 3.8) is 0 Å². The number of hydrogen-bond donors (Lipinski definition) is 0. The molecule has 0 saturated carbocycles. The average Bonchev–Trinajstić information content (AvgIpc) is 2.41. The summed E-state index contributed by atoms with van der Waals surface area (Å²) in [6.45, 7) is 14.9. The minimum absolute atomic E-state index is 0.314. The molecule has 0 aliphatic carbocycles. The Labute approximate surface area is 112 Å². The van der Waals surface area contributed by atoms with Gasteiger partial charge >= 0.3 is 5.97 Å². The third-order valence-electron chi connectivity index (χ3n) is 3.80. The smallest absolute Gasteiger partial charge is 0.330 e. The molecule has 0 unspecified atom stereocenters. The van der Waals surface area contributed by atoms with Gasteiger partial charge in [-0.2, -0.15) is 0 Å². The number of ether oxygens (including phenoxy) is 1. The van der Waals surface area contributed by atoms with Gasteiger partial charge in [-0.1, -0.05) is 26.3 Å². The summed E-state index contributed by atoms with van der Waals surface area (Å²) in [7, 11) is 0. The number of nitrogens with zero attached hydrogens (tertiary/aromatic N) is 1. The maximum absolute atomic E-state index is 11.0. The Hall–Kier alpha value is -0.830. The van der Waals surface area contributed by atoms with Gasteiger partial charge < -0.3 is 9.22 Å². The van der Waals surface area contributed by atoms with E-state index in [2.05, 4.69) is 27.4 Å². The van der Waals surface area contributed by atoms with Crippen LogP contribution in [0.4, 0.5) is 0 Å². The molecular weight excluding hydrogens is 226 g/mol. The molecule has 0 aromatic heterocycles. The first-order chi connectivity index (χ1) is 8.64. The minimum Gasteiger partial charge on any atom is -0.457 e. The summed E-state index contributed by atoms with van der Waals surface area (Å²) in [5.74, 6) is -0.314. The molecule has 0 N–H and O–H groups in total. The molecule has 0 aromatic rings. The highest BCUT2D eigenvalue weighted by atomic mass is 16.5. The van der Waals surface area contributed by atoms with Crippen molar-refractivity contribution in [2.75, 3.05) is 32.8 Å². The standard InChI is InChI=1S/C15H30NO2/c1-5-9-10-11-12-16(7-3,8-4)13-14-18-15(17)6-2/h6H,2,5,7-14H2,1,3-4H3/q+1. The monoisotopic (exact) mass is 256 g/mol. The van der Waals surface area contributed by atoms with Crippen LogP contribution in [0, 0.1) is 0 Å². The first-order valence-corrected chi connectivity index (χ1v) is 7.28. The number of likely N-dealkylation sites (N-methyl/N-ethyl adjacent to an activating group) is 1. The lowest BCUT2D eigenvalue weighted by Crippen LogP contribution is -2.50. The Morgan fingerprint density at radius 3 is 2.28 bits per heavy atom. The normalized spacial score (nSPS) is 11.3. The first-order valence-electron chi connectivity index (χ1n) is 7.28. The molecule has 0 aromatic carbocycles. The van der Waals surface area contributed by atoms with Gasteiger partial charge in [0, 0.05) is 6.08 Å². The van der Waals surface area contributed by atoms with Crippen molar-refractivity contribution in [3.05, 3.63) is 12.7 Å². The van der Waals surface area contributed by atoms with E-state index in [1.807, 2.05) is 0 Å². The van der Waals surface area contributed by atoms with Gasteiger partial charge in [0.25, 0.3) is 0 Å². The van der Waals surface area contributed by atoms with Crippen LogP contribution in [0.1, 0.15) is 46.5 Å². The second-order valence-corrected chi connectivity index (χ2v) is 4.85. The fraction of sp³-hybridized carbons (Fsp3) is 0.800. The number of esters is 1. The van der Waals surface area contributed by atoms with E-state index in [1.54, 1.807) is 0 Å². The first kappa shape index (κ1) is 17.2. The second-order valence-electron chi connectivity index (χ2n) is 4.85. The largest absolute Gasteiger partial charge is 0.457 e. The molecule has 0 radical (unpaired) electrons. The lowest BCUT2D eigenvalue weighted by Gasteiger charge is -2.36. The Kier molecular flexibility index (Phi) is 9.66. The van der Waals surface area contributed by atoms with Gasteiger partial charge in [-0.05, 0) is 26.7 Å². The van der Waals surface area contributed by atoms with Crippen molar-refractivity contribution in [2.24, 2.45) is 0 Å². The van der Waals surface area contributed by atoms with E-state index in [9.17, 15) is 4.79 Å². The van der Waals surface area contributed by atoms with E-state index < -0.39 is 0 Å². The number of unbranched alkanes of at least 4 members (excludes halogenated alkanes) is 3. The summed E-state index contributed by atoms with van der Waals surface area (Å²) in [4.78, 5) is 11.0. The fourth-order valence-electron chi connectivity index (χ4n) is 2.24. The summed E-state index contributed by atoms with van der Waals surface area (Å²) in [5, 5.41) is 0. The van der Waals surface area contributed by atoms with Crippen molar-refractivity contribution in [1.82, 2.24) is 0 Å². The summed E-state index contributed by atoms with van der Waals surface area (Å²) in [6, 6.07) is 0. The van der Waals surface area contributed by atoms with Crippen LogP contribution in [-0.2, 0) is 9.53 Å². The summed E-state index contributed by atoms with van der Waals surface area (Å²) in [5.41, 5.74) is 0. The van der Waals surface area contributed by atoms with Crippen LogP contribution in [0.25, 0.3) is 0 Å². The molecule has 0 heterocycles. The number of quaternary nitrogens is 1. The van der Waals surface area contributed by atoms with Crippen LogP contribution in [0.5, 0.6) is 0 Å². The van der Waals surface area contributed by atoms with Gasteiger partial charge in [0.1, 0.15) is 13.2 Å². The molecule has 0 aliphatic rings. The van der Waals surface area contributed by atoms with E-state index in [0.29, 0.717) is 6.61 Å². The van der Waals surface area contributed by atoms with E-state index in [0.717, 1.165) is 24.1 Å². The van der Waals surface area contributed by atoms with Gasteiger partial charge in [0.15, 0.2) is 0 Å². The molecule has 0 amide bonds. The number of hydrogen-bond acceptors (Lipinski definition) is 2. The zero-order valence-corrected chi connectivity index (χ0v) is 12.4. The minimum atomic E-state index is -0.314. The van der Waals surface area contributed by atoms with Gasteiger partial charge in [-0.15, -0.1) is 0 Å². The summed E-state index contributed by atoms with van der Waals surface area (Å²) >= 11 is 0.